The maximum atomic E-state index is 7.04. The Morgan fingerprint density at radius 3 is 1.90 bits per heavy atom. The van der Waals surface area contributed by atoms with Crippen LogP contribution >= 0.6 is 11.9 Å². The van der Waals surface area contributed by atoms with Crippen LogP contribution in [0.1, 0.15) is 48.0 Å². The van der Waals surface area contributed by atoms with E-state index in [2.05, 4.69) is 113 Å². The maximum absolute atomic E-state index is 7.04. The minimum absolute atomic E-state index is 0.0380. The van der Waals surface area contributed by atoms with Gasteiger partial charge in [0, 0.05) is 23.5 Å². The van der Waals surface area contributed by atoms with Gasteiger partial charge in [-0.05, 0) is 60.5 Å². The highest BCUT2D eigenvalue weighted by atomic mass is 32.2. The Morgan fingerprint density at radius 1 is 0.931 bits per heavy atom. The summed E-state index contributed by atoms with van der Waals surface area (Å²) in [4.78, 5) is 0. The van der Waals surface area contributed by atoms with Gasteiger partial charge in [0.25, 0.3) is 8.32 Å². The molecular formula is C25H35NOSSi. The minimum atomic E-state index is -2.41. The molecule has 0 aromatic heterocycles. The van der Waals surface area contributed by atoms with Gasteiger partial charge in [0.15, 0.2) is 0 Å². The number of hydrogen-bond donors (Lipinski definition) is 0. The van der Waals surface area contributed by atoms with Crippen molar-refractivity contribution in [3.8, 4) is 0 Å². The molecular weight excluding hydrogens is 390 g/mol. The molecule has 0 radical (unpaired) electrons. The Labute approximate surface area is 182 Å². The first-order valence-electron chi connectivity index (χ1n) is 10.6. The van der Waals surface area contributed by atoms with Gasteiger partial charge in [-0.2, -0.15) is 0 Å². The van der Waals surface area contributed by atoms with E-state index < -0.39 is 8.32 Å². The van der Waals surface area contributed by atoms with Gasteiger partial charge in [0.2, 0.25) is 0 Å². The van der Waals surface area contributed by atoms with Gasteiger partial charge in [0.05, 0.1) is 0 Å². The molecule has 2 aromatic rings. The highest BCUT2D eigenvalue weighted by Gasteiger charge is 2.51. The standard InChI is InChI=1S/C25H35NOSSi/c1-24(2,3)28-26-18-20-17-21(20)19-27-29(25(4,5)6,22-13-9-7-10-14-22)23-15-11-8-12-16-23/h7-16,18,20-21H,17,19H2,1-6H3/t20-,21-/m0/s1. The summed E-state index contributed by atoms with van der Waals surface area (Å²) in [6.45, 7) is 14.4. The largest absolute Gasteiger partial charge is 0.407 e. The van der Waals surface area contributed by atoms with Crippen LogP contribution in [0.3, 0.4) is 0 Å². The molecule has 0 aliphatic heterocycles. The molecule has 1 saturated carbocycles. The van der Waals surface area contributed by atoms with Crippen molar-refractivity contribution < 1.29 is 4.43 Å². The predicted octanol–water partition coefficient (Wildman–Crippen LogP) is 5.72. The van der Waals surface area contributed by atoms with E-state index in [1.807, 2.05) is 0 Å². The maximum Gasteiger partial charge on any atom is 0.261 e. The molecule has 0 saturated heterocycles. The second-order valence-electron chi connectivity index (χ2n) is 10.1. The molecule has 2 atom stereocenters. The molecule has 0 amide bonds. The van der Waals surface area contributed by atoms with Gasteiger partial charge in [-0.3, -0.25) is 0 Å². The summed E-state index contributed by atoms with van der Waals surface area (Å²) in [7, 11) is -2.41. The number of hydrogen-bond acceptors (Lipinski definition) is 3. The van der Waals surface area contributed by atoms with Crippen molar-refractivity contribution in [2.75, 3.05) is 6.61 Å². The number of benzene rings is 2. The highest BCUT2D eigenvalue weighted by Crippen LogP contribution is 2.42. The number of nitrogens with zero attached hydrogens (tertiary/aromatic N) is 1. The van der Waals surface area contributed by atoms with Crippen molar-refractivity contribution in [3.63, 3.8) is 0 Å². The zero-order valence-electron chi connectivity index (χ0n) is 18.7. The third kappa shape index (κ3) is 5.42. The average molecular weight is 426 g/mol. The van der Waals surface area contributed by atoms with Gasteiger partial charge in [-0.15, -0.1) is 0 Å². The van der Waals surface area contributed by atoms with E-state index in [4.69, 9.17) is 4.43 Å². The predicted molar refractivity (Wildman–Crippen MR) is 131 cm³/mol. The van der Waals surface area contributed by atoms with Gasteiger partial charge in [-0.1, -0.05) is 81.4 Å². The fraction of sp³-hybridized carbons (Fsp3) is 0.480. The van der Waals surface area contributed by atoms with Crippen LogP contribution in [-0.2, 0) is 4.43 Å². The monoisotopic (exact) mass is 425 g/mol. The average Bonchev–Trinajstić information content (AvgIpc) is 3.40. The van der Waals surface area contributed by atoms with Gasteiger partial charge in [0.1, 0.15) is 0 Å². The lowest BCUT2D eigenvalue weighted by atomic mass is 10.2. The summed E-state index contributed by atoms with van der Waals surface area (Å²) >= 11 is 1.66. The lowest BCUT2D eigenvalue weighted by Gasteiger charge is -2.43. The molecule has 4 heteroatoms. The van der Waals surface area contributed by atoms with E-state index in [0.29, 0.717) is 11.8 Å². The molecule has 0 bridgehead atoms. The molecule has 3 rings (SSSR count). The third-order valence-corrected chi connectivity index (χ3v) is 11.3. The Morgan fingerprint density at radius 2 is 1.45 bits per heavy atom. The molecule has 0 spiro atoms. The molecule has 1 fully saturated rings. The molecule has 2 nitrogen and oxygen atoms in total. The molecule has 1 aliphatic carbocycles. The van der Waals surface area contributed by atoms with Crippen LogP contribution in [0.5, 0.6) is 0 Å². The second-order valence-corrected chi connectivity index (χ2v) is 16.0. The van der Waals surface area contributed by atoms with E-state index in [-0.39, 0.29) is 9.79 Å². The van der Waals surface area contributed by atoms with Crippen molar-refractivity contribution in [1.82, 2.24) is 0 Å². The van der Waals surface area contributed by atoms with Crippen LogP contribution in [-0.4, -0.2) is 25.9 Å². The highest BCUT2D eigenvalue weighted by molar-refractivity contribution is 7.99. The van der Waals surface area contributed by atoms with Crippen LogP contribution in [0.15, 0.2) is 65.1 Å². The third-order valence-electron chi connectivity index (χ3n) is 5.49. The molecule has 0 heterocycles. The van der Waals surface area contributed by atoms with Crippen molar-refractivity contribution in [2.24, 2.45) is 16.2 Å². The summed E-state index contributed by atoms with van der Waals surface area (Å²) in [6.07, 6.45) is 3.34. The van der Waals surface area contributed by atoms with Gasteiger partial charge < -0.3 is 4.43 Å². The van der Waals surface area contributed by atoms with Gasteiger partial charge in [-0.25, -0.2) is 4.40 Å². The summed E-state index contributed by atoms with van der Waals surface area (Å²) in [6, 6.07) is 21.8. The topological polar surface area (TPSA) is 21.6 Å². The van der Waals surface area contributed by atoms with Crippen LogP contribution in [0, 0.1) is 11.8 Å². The van der Waals surface area contributed by atoms with Crippen molar-refractivity contribution in [3.05, 3.63) is 60.7 Å². The van der Waals surface area contributed by atoms with Crippen LogP contribution < -0.4 is 10.4 Å². The SMILES string of the molecule is CC(C)(C)SN=C[C@@H]1C[C@H]1CO[Si](c1ccccc1)(c1ccccc1)C(C)(C)C. The Hall–Kier alpha value is -1.36. The summed E-state index contributed by atoms with van der Waals surface area (Å²) in [5.74, 6) is 1.14. The Kier molecular flexibility index (Phi) is 6.76. The van der Waals surface area contributed by atoms with Crippen molar-refractivity contribution in [2.45, 2.75) is 57.7 Å². The zero-order valence-corrected chi connectivity index (χ0v) is 20.5. The summed E-state index contributed by atoms with van der Waals surface area (Å²) in [5, 5.41) is 2.75. The first kappa shape index (κ1) is 22.3. The minimum Gasteiger partial charge on any atom is -0.407 e. The van der Waals surface area contributed by atoms with E-state index in [0.717, 1.165) is 6.61 Å². The quantitative estimate of drug-likeness (QED) is 0.322. The molecule has 0 N–H and O–H groups in total. The fourth-order valence-corrected chi connectivity index (χ4v) is 9.06. The van der Waals surface area contributed by atoms with E-state index in [1.165, 1.54) is 16.8 Å². The molecule has 156 valence electrons. The smallest absolute Gasteiger partial charge is 0.261 e. The van der Waals surface area contributed by atoms with E-state index >= 15 is 0 Å². The number of rotatable bonds is 7. The lowest BCUT2D eigenvalue weighted by molar-refractivity contribution is 0.278. The van der Waals surface area contributed by atoms with Crippen LogP contribution in [0.4, 0.5) is 0 Å². The molecule has 1 aliphatic rings. The molecule has 0 unspecified atom stereocenters. The van der Waals surface area contributed by atoms with Crippen molar-refractivity contribution >= 4 is 36.9 Å². The lowest BCUT2D eigenvalue weighted by Crippen LogP contribution is -2.66. The van der Waals surface area contributed by atoms with E-state index in [9.17, 15) is 0 Å². The van der Waals surface area contributed by atoms with Crippen LogP contribution in [0.2, 0.25) is 5.04 Å². The first-order chi connectivity index (χ1) is 13.6. The molecule has 29 heavy (non-hydrogen) atoms. The van der Waals surface area contributed by atoms with Crippen molar-refractivity contribution in [1.29, 1.82) is 0 Å². The van der Waals surface area contributed by atoms with Crippen LogP contribution in [0.25, 0.3) is 0 Å². The normalized spacial score (nSPS) is 20.2. The summed E-state index contributed by atoms with van der Waals surface area (Å²) in [5.41, 5.74) is 0. The summed E-state index contributed by atoms with van der Waals surface area (Å²) < 4.78 is 11.8. The van der Waals surface area contributed by atoms with E-state index in [1.54, 1.807) is 11.9 Å². The Bertz CT molecular complexity index is 769. The second kappa shape index (κ2) is 8.79. The first-order valence-corrected chi connectivity index (χ1v) is 13.3. The Balaban J connectivity index is 1.82. The zero-order chi connectivity index (χ0) is 21.1. The van der Waals surface area contributed by atoms with Gasteiger partial charge >= 0.3 is 0 Å². The fourth-order valence-electron chi connectivity index (χ4n) is 3.91. The molecule has 2 aromatic carbocycles.